The monoisotopic (exact) mass is 530 g/mol. The van der Waals surface area contributed by atoms with E-state index in [4.69, 9.17) is 14.2 Å². The fourth-order valence-electron chi connectivity index (χ4n) is 4.59. The quantitative estimate of drug-likeness (QED) is 0.108. The molecule has 0 atom stereocenters. The van der Waals surface area contributed by atoms with Gasteiger partial charge in [0.1, 0.15) is 18.8 Å². The average Bonchev–Trinajstić information content (AvgIpc) is 2.99. The fraction of sp³-hybridized carbons (Fsp3) is 0.294. The first-order valence-corrected chi connectivity index (χ1v) is 13.5. The molecule has 204 valence electrons. The lowest BCUT2D eigenvalue weighted by atomic mass is 9.80. The van der Waals surface area contributed by atoms with Gasteiger partial charge < -0.3 is 14.2 Å². The molecule has 0 spiro atoms. The van der Waals surface area contributed by atoms with Crippen molar-refractivity contribution in [2.75, 3.05) is 26.4 Å². The summed E-state index contributed by atoms with van der Waals surface area (Å²) in [5.74, 6) is -3.15. The summed E-state index contributed by atoms with van der Waals surface area (Å²) in [6.45, 7) is 0.0277. The highest BCUT2D eigenvalue weighted by atomic mass is 19.3. The minimum absolute atomic E-state index is 0.273. The maximum atomic E-state index is 15.1. The first-order valence-electron chi connectivity index (χ1n) is 13.5. The number of ether oxygens (including phenoxy) is 3. The van der Waals surface area contributed by atoms with E-state index in [-0.39, 0.29) is 6.61 Å². The molecule has 0 aromatic heterocycles. The van der Waals surface area contributed by atoms with E-state index in [0.717, 1.165) is 35.1 Å². The van der Waals surface area contributed by atoms with E-state index in [9.17, 15) is 0 Å². The Bertz CT molecular complexity index is 1110. The molecule has 0 N–H and O–H groups in total. The normalized spacial score (nSPS) is 11.9. The Morgan fingerprint density at radius 3 is 1.41 bits per heavy atom. The zero-order chi connectivity index (χ0) is 27.2. The molecule has 0 radical (unpaired) electrons. The third-order valence-corrected chi connectivity index (χ3v) is 6.54. The zero-order valence-corrected chi connectivity index (χ0v) is 22.2. The van der Waals surface area contributed by atoms with Crippen molar-refractivity contribution in [3.8, 4) is 0 Å². The summed E-state index contributed by atoms with van der Waals surface area (Å²) in [7, 11) is 0. The first-order chi connectivity index (χ1) is 19.1. The number of benzene rings is 4. The van der Waals surface area contributed by atoms with Crippen LogP contribution in [0.3, 0.4) is 0 Å². The van der Waals surface area contributed by atoms with E-state index in [1.165, 1.54) is 0 Å². The van der Waals surface area contributed by atoms with Crippen LogP contribution in [0.4, 0.5) is 8.78 Å². The van der Waals surface area contributed by atoms with Gasteiger partial charge in [0.05, 0.1) is 6.61 Å². The van der Waals surface area contributed by atoms with Crippen LogP contribution in [-0.2, 0) is 26.4 Å². The van der Waals surface area contributed by atoms with Crippen molar-refractivity contribution in [1.29, 1.82) is 0 Å². The third kappa shape index (κ3) is 8.30. The Morgan fingerprint density at radius 1 is 0.487 bits per heavy atom. The molecule has 0 saturated heterocycles. The van der Waals surface area contributed by atoms with E-state index in [1.807, 2.05) is 121 Å². The Morgan fingerprint density at radius 2 is 0.923 bits per heavy atom. The third-order valence-electron chi connectivity index (χ3n) is 6.54. The van der Waals surface area contributed by atoms with Crippen molar-refractivity contribution in [2.45, 2.75) is 37.4 Å². The largest absolute Gasteiger partial charge is 0.377 e. The van der Waals surface area contributed by atoms with Gasteiger partial charge in [0.25, 0.3) is 5.92 Å². The van der Waals surface area contributed by atoms with Crippen LogP contribution in [0.1, 0.15) is 41.5 Å². The summed E-state index contributed by atoms with van der Waals surface area (Å²) < 4.78 is 47.5. The molecule has 0 aliphatic carbocycles. The molecule has 0 fully saturated rings. The van der Waals surface area contributed by atoms with Gasteiger partial charge in [-0.05, 0) is 41.5 Å². The van der Waals surface area contributed by atoms with E-state index in [2.05, 4.69) is 0 Å². The van der Waals surface area contributed by atoms with Crippen molar-refractivity contribution in [3.63, 3.8) is 0 Å². The van der Waals surface area contributed by atoms with E-state index in [1.54, 1.807) is 0 Å². The molecule has 4 rings (SSSR count). The predicted octanol–water partition coefficient (Wildman–Crippen LogP) is 8.03. The Hall–Kier alpha value is -3.38. The molecule has 5 heteroatoms. The molecular weight excluding hydrogens is 494 g/mol. The van der Waals surface area contributed by atoms with Crippen LogP contribution in [0, 0.1) is 0 Å². The number of rotatable bonds is 16. The number of alkyl halides is 2. The summed E-state index contributed by atoms with van der Waals surface area (Å²) in [5.41, 5.74) is 2.31. The number of hydrogen-bond acceptors (Lipinski definition) is 3. The van der Waals surface area contributed by atoms with Crippen LogP contribution >= 0.6 is 0 Å². The number of unbranched alkanes of at least 4 members (excludes halogenated alkanes) is 2. The van der Waals surface area contributed by atoms with Crippen LogP contribution in [0.2, 0.25) is 0 Å². The van der Waals surface area contributed by atoms with Crippen molar-refractivity contribution in [1.82, 2.24) is 0 Å². The van der Waals surface area contributed by atoms with Gasteiger partial charge in [0.2, 0.25) is 0 Å². The lowest BCUT2D eigenvalue weighted by Gasteiger charge is -2.37. The molecule has 3 nitrogen and oxygen atoms in total. The van der Waals surface area contributed by atoms with Crippen LogP contribution < -0.4 is 0 Å². The van der Waals surface area contributed by atoms with Crippen LogP contribution in [0.5, 0.6) is 0 Å². The molecule has 4 aromatic rings. The maximum absolute atomic E-state index is 15.1. The lowest BCUT2D eigenvalue weighted by molar-refractivity contribution is -0.148. The SMILES string of the molecule is FC(F)(COCCCCCOCc1ccccc1)COC(c1ccccc1)(c1ccccc1)c1ccccc1. The van der Waals surface area contributed by atoms with E-state index >= 15 is 8.78 Å². The predicted molar refractivity (Wildman–Crippen MR) is 151 cm³/mol. The van der Waals surface area contributed by atoms with Gasteiger partial charge in [-0.15, -0.1) is 0 Å². The highest BCUT2D eigenvalue weighted by molar-refractivity contribution is 5.47. The molecule has 0 saturated carbocycles. The zero-order valence-electron chi connectivity index (χ0n) is 22.2. The van der Waals surface area contributed by atoms with Crippen molar-refractivity contribution >= 4 is 0 Å². The van der Waals surface area contributed by atoms with Crippen LogP contribution in [0.25, 0.3) is 0 Å². The van der Waals surface area contributed by atoms with Gasteiger partial charge in [-0.3, -0.25) is 0 Å². The molecule has 0 heterocycles. The summed E-state index contributed by atoms with van der Waals surface area (Å²) >= 11 is 0. The highest BCUT2D eigenvalue weighted by Crippen LogP contribution is 2.41. The molecule has 0 unspecified atom stereocenters. The maximum Gasteiger partial charge on any atom is 0.293 e. The van der Waals surface area contributed by atoms with Gasteiger partial charge in [0.15, 0.2) is 0 Å². The highest BCUT2D eigenvalue weighted by Gasteiger charge is 2.41. The summed E-state index contributed by atoms with van der Waals surface area (Å²) in [6.07, 6.45) is 2.42. The van der Waals surface area contributed by atoms with Crippen molar-refractivity contribution in [3.05, 3.63) is 144 Å². The second-order valence-electron chi connectivity index (χ2n) is 9.58. The van der Waals surface area contributed by atoms with Crippen molar-refractivity contribution < 1.29 is 23.0 Å². The van der Waals surface area contributed by atoms with E-state index in [0.29, 0.717) is 19.6 Å². The van der Waals surface area contributed by atoms with Gasteiger partial charge in [-0.25, -0.2) is 8.78 Å². The van der Waals surface area contributed by atoms with Gasteiger partial charge in [-0.2, -0.15) is 0 Å². The first kappa shape index (κ1) is 28.6. The molecule has 0 aliphatic rings. The second kappa shape index (κ2) is 14.7. The lowest BCUT2D eigenvalue weighted by Crippen LogP contribution is -2.39. The average molecular weight is 531 g/mol. The Kier molecular flexibility index (Phi) is 10.8. The van der Waals surface area contributed by atoms with Gasteiger partial charge >= 0.3 is 0 Å². The number of halogens is 2. The molecule has 0 bridgehead atoms. The molecule has 4 aromatic carbocycles. The van der Waals surface area contributed by atoms with Gasteiger partial charge in [0, 0.05) is 13.2 Å². The van der Waals surface area contributed by atoms with Crippen LogP contribution in [0.15, 0.2) is 121 Å². The molecule has 39 heavy (non-hydrogen) atoms. The van der Waals surface area contributed by atoms with Gasteiger partial charge in [-0.1, -0.05) is 121 Å². The van der Waals surface area contributed by atoms with E-state index < -0.39 is 24.7 Å². The van der Waals surface area contributed by atoms with Crippen molar-refractivity contribution in [2.24, 2.45) is 0 Å². The fourth-order valence-corrected chi connectivity index (χ4v) is 4.59. The topological polar surface area (TPSA) is 27.7 Å². The summed E-state index contributed by atoms with van der Waals surface area (Å²) in [4.78, 5) is 0. The minimum atomic E-state index is -3.15. The summed E-state index contributed by atoms with van der Waals surface area (Å²) in [5, 5.41) is 0. The standard InChI is InChI=1S/C34H36F2O3/c35-33(36,27-38-25-15-5-14-24-37-26-29-16-6-1-7-17-29)28-39-34(30-18-8-2-9-19-30,31-20-10-3-11-21-31)32-22-12-4-13-23-32/h1-4,6-13,16-23H,5,14-15,24-28H2. The smallest absolute Gasteiger partial charge is 0.293 e. The molecule has 0 aliphatic heterocycles. The summed E-state index contributed by atoms with van der Waals surface area (Å²) in [6, 6.07) is 38.6. The Labute approximate surface area is 230 Å². The molecule has 0 amide bonds. The minimum Gasteiger partial charge on any atom is -0.377 e. The Balaban J connectivity index is 1.31. The van der Waals surface area contributed by atoms with Crippen LogP contribution in [-0.4, -0.2) is 32.4 Å². The number of hydrogen-bond donors (Lipinski definition) is 0. The second-order valence-corrected chi connectivity index (χ2v) is 9.58. The molecular formula is C34H36F2O3.